The van der Waals surface area contributed by atoms with Gasteiger partial charge in [0.05, 0.1) is 11.6 Å². The zero-order valence-corrected chi connectivity index (χ0v) is 9.50. The first-order valence-corrected chi connectivity index (χ1v) is 5.30. The maximum atomic E-state index is 12.0. The second-order valence-electron chi connectivity index (χ2n) is 3.99. The Morgan fingerprint density at radius 3 is 2.82 bits per heavy atom. The number of hydrogen-bond acceptors (Lipinski definition) is 3. The number of nitrogens with one attached hydrogen (secondary N) is 2. The van der Waals surface area contributed by atoms with Crippen LogP contribution in [0.4, 0.5) is 0 Å². The van der Waals surface area contributed by atoms with Crippen molar-refractivity contribution in [2.24, 2.45) is 0 Å². The SMILES string of the molecule is Cc1[nH]c2nc(-c3ccco3)[nH]c(=O)c2c1C. The molecule has 0 aromatic carbocycles. The van der Waals surface area contributed by atoms with Crippen LogP contribution in [0.2, 0.25) is 0 Å². The molecule has 0 spiro atoms. The smallest absolute Gasteiger partial charge is 0.261 e. The molecule has 0 radical (unpaired) electrons. The van der Waals surface area contributed by atoms with Crippen molar-refractivity contribution in [1.29, 1.82) is 0 Å². The fourth-order valence-corrected chi connectivity index (χ4v) is 1.90. The highest BCUT2D eigenvalue weighted by Gasteiger charge is 2.12. The predicted octanol–water partition coefficient (Wildman–Crippen LogP) is 2.13. The van der Waals surface area contributed by atoms with Gasteiger partial charge in [-0.25, -0.2) is 4.98 Å². The molecule has 0 aliphatic heterocycles. The summed E-state index contributed by atoms with van der Waals surface area (Å²) in [7, 11) is 0. The topological polar surface area (TPSA) is 74.7 Å². The maximum absolute atomic E-state index is 12.0. The molecule has 0 aliphatic carbocycles. The Kier molecular flexibility index (Phi) is 1.95. The molecule has 17 heavy (non-hydrogen) atoms. The fourth-order valence-electron chi connectivity index (χ4n) is 1.90. The zero-order valence-electron chi connectivity index (χ0n) is 9.50. The number of fused-ring (bicyclic) bond motifs is 1. The highest BCUT2D eigenvalue weighted by molar-refractivity contribution is 5.81. The van der Waals surface area contributed by atoms with E-state index >= 15 is 0 Å². The normalized spacial score (nSPS) is 11.2. The molecule has 0 unspecified atom stereocenters. The van der Waals surface area contributed by atoms with Gasteiger partial charge in [-0.15, -0.1) is 0 Å². The molecule has 5 nitrogen and oxygen atoms in total. The minimum atomic E-state index is -0.150. The molecular formula is C12H11N3O2. The zero-order chi connectivity index (χ0) is 12.0. The summed E-state index contributed by atoms with van der Waals surface area (Å²) >= 11 is 0. The summed E-state index contributed by atoms with van der Waals surface area (Å²) < 4.78 is 5.21. The van der Waals surface area contributed by atoms with Gasteiger partial charge in [-0.3, -0.25) is 4.79 Å². The van der Waals surface area contributed by atoms with Gasteiger partial charge in [0.15, 0.2) is 11.6 Å². The largest absolute Gasteiger partial charge is 0.461 e. The minimum Gasteiger partial charge on any atom is -0.461 e. The molecule has 0 atom stereocenters. The van der Waals surface area contributed by atoms with Crippen molar-refractivity contribution in [3.05, 3.63) is 40.0 Å². The Morgan fingerprint density at radius 2 is 2.12 bits per heavy atom. The number of aromatic amines is 2. The first kappa shape index (κ1) is 9.89. The molecule has 3 aromatic heterocycles. The van der Waals surface area contributed by atoms with Crippen LogP contribution in [0.25, 0.3) is 22.6 Å². The number of hydrogen-bond donors (Lipinski definition) is 2. The van der Waals surface area contributed by atoms with E-state index in [4.69, 9.17) is 4.42 Å². The summed E-state index contributed by atoms with van der Waals surface area (Å²) in [4.78, 5) is 22.2. The van der Waals surface area contributed by atoms with E-state index < -0.39 is 0 Å². The van der Waals surface area contributed by atoms with Gasteiger partial charge in [0.25, 0.3) is 5.56 Å². The third-order valence-corrected chi connectivity index (χ3v) is 2.92. The Morgan fingerprint density at radius 1 is 1.29 bits per heavy atom. The molecule has 0 fully saturated rings. The minimum absolute atomic E-state index is 0.150. The molecule has 0 aliphatic rings. The van der Waals surface area contributed by atoms with Crippen molar-refractivity contribution in [2.75, 3.05) is 0 Å². The number of aryl methyl sites for hydroxylation is 2. The fraction of sp³-hybridized carbons (Fsp3) is 0.167. The van der Waals surface area contributed by atoms with Gasteiger partial charge < -0.3 is 14.4 Å². The van der Waals surface area contributed by atoms with Gasteiger partial charge in [-0.2, -0.15) is 0 Å². The van der Waals surface area contributed by atoms with Crippen LogP contribution >= 0.6 is 0 Å². The van der Waals surface area contributed by atoms with Gasteiger partial charge in [-0.05, 0) is 31.5 Å². The molecule has 3 aromatic rings. The van der Waals surface area contributed by atoms with Gasteiger partial charge in [0.2, 0.25) is 0 Å². The standard InChI is InChI=1S/C12H11N3O2/c1-6-7(2)13-11-9(6)12(16)15-10(14-11)8-4-3-5-17-8/h3-5H,1-2H3,(H2,13,14,15,16). The number of nitrogens with zero attached hydrogens (tertiary/aromatic N) is 1. The van der Waals surface area contributed by atoms with E-state index in [0.29, 0.717) is 22.6 Å². The van der Waals surface area contributed by atoms with E-state index in [1.165, 1.54) is 0 Å². The predicted molar refractivity (Wildman–Crippen MR) is 63.9 cm³/mol. The van der Waals surface area contributed by atoms with Crippen molar-refractivity contribution in [2.45, 2.75) is 13.8 Å². The molecule has 0 amide bonds. The molecule has 0 bridgehead atoms. The molecule has 3 heterocycles. The van der Waals surface area contributed by atoms with E-state index in [1.807, 2.05) is 13.8 Å². The summed E-state index contributed by atoms with van der Waals surface area (Å²) in [5.41, 5.74) is 2.33. The van der Waals surface area contributed by atoms with Gasteiger partial charge in [0.1, 0.15) is 5.65 Å². The summed E-state index contributed by atoms with van der Waals surface area (Å²) in [6.07, 6.45) is 1.55. The Labute approximate surface area is 96.5 Å². The summed E-state index contributed by atoms with van der Waals surface area (Å²) in [5, 5.41) is 0.609. The van der Waals surface area contributed by atoms with Crippen LogP contribution in [0, 0.1) is 13.8 Å². The van der Waals surface area contributed by atoms with Crippen LogP contribution in [0.15, 0.2) is 27.6 Å². The van der Waals surface area contributed by atoms with Crippen molar-refractivity contribution in [3.63, 3.8) is 0 Å². The average molecular weight is 229 g/mol. The number of aromatic nitrogens is 3. The van der Waals surface area contributed by atoms with Gasteiger partial charge >= 0.3 is 0 Å². The van der Waals surface area contributed by atoms with Crippen molar-refractivity contribution in [3.8, 4) is 11.6 Å². The third-order valence-electron chi connectivity index (χ3n) is 2.92. The lowest BCUT2D eigenvalue weighted by Gasteiger charge is -1.96. The molecule has 0 saturated carbocycles. The molecule has 3 rings (SSSR count). The third kappa shape index (κ3) is 1.39. The lowest BCUT2D eigenvalue weighted by Crippen LogP contribution is -2.09. The molecular weight excluding hydrogens is 218 g/mol. The van der Waals surface area contributed by atoms with Gasteiger partial charge in [0, 0.05) is 5.69 Å². The maximum Gasteiger partial charge on any atom is 0.261 e. The van der Waals surface area contributed by atoms with E-state index in [0.717, 1.165) is 11.3 Å². The molecule has 5 heteroatoms. The second kappa shape index (κ2) is 3.35. The molecule has 0 saturated heterocycles. The van der Waals surface area contributed by atoms with E-state index in [-0.39, 0.29) is 5.56 Å². The number of H-pyrrole nitrogens is 2. The van der Waals surface area contributed by atoms with Gasteiger partial charge in [-0.1, -0.05) is 0 Å². The van der Waals surface area contributed by atoms with Crippen LogP contribution in [0.5, 0.6) is 0 Å². The molecule has 86 valence electrons. The van der Waals surface area contributed by atoms with E-state index in [1.54, 1.807) is 18.4 Å². The lowest BCUT2D eigenvalue weighted by atomic mass is 10.2. The van der Waals surface area contributed by atoms with E-state index in [2.05, 4.69) is 15.0 Å². The monoisotopic (exact) mass is 229 g/mol. The Hall–Kier alpha value is -2.30. The van der Waals surface area contributed by atoms with Crippen molar-refractivity contribution < 1.29 is 4.42 Å². The van der Waals surface area contributed by atoms with Crippen LogP contribution in [0.3, 0.4) is 0 Å². The van der Waals surface area contributed by atoms with Crippen molar-refractivity contribution >= 4 is 11.0 Å². The Balaban J connectivity index is 2.36. The second-order valence-corrected chi connectivity index (χ2v) is 3.99. The summed E-state index contributed by atoms with van der Waals surface area (Å²) in [6, 6.07) is 3.51. The Bertz CT molecular complexity index is 735. The quantitative estimate of drug-likeness (QED) is 0.671. The number of furan rings is 1. The summed E-state index contributed by atoms with van der Waals surface area (Å²) in [5.74, 6) is 0.989. The van der Waals surface area contributed by atoms with E-state index in [9.17, 15) is 4.79 Å². The van der Waals surface area contributed by atoms with Crippen LogP contribution in [-0.2, 0) is 0 Å². The van der Waals surface area contributed by atoms with Crippen LogP contribution in [0.1, 0.15) is 11.3 Å². The van der Waals surface area contributed by atoms with Crippen LogP contribution < -0.4 is 5.56 Å². The lowest BCUT2D eigenvalue weighted by molar-refractivity contribution is 0.577. The van der Waals surface area contributed by atoms with Crippen molar-refractivity contribution in [1.82, 2.24) is 15.0 Å². The highest BCUT2D eigenvalue weighted by Crippen LogP contribution is 2.19. The summed E-state index contributed by atoms with van der Waals surface area (Å²) in [6.45, 7) is 3.82. The van der Waals surface area contributed by atoms with Crippen LogP contribution in [-0.4, -0.2) is 15.0 Å². The highest BCUT2D eigenvalue weighted by atomic mass is 16.3. The number of rotatable bonds is 1. The molecule has 2 N–H and O–H groups in total. The first-order valence-electron chi connectivity index (χ1n) is 5.30. The average Bonchev–Trinajstić information content (AvgIpc) is 2.88. The first-order chi connectivity index (χ1) is 8.16.